The van der Waals surface area contributed by atoms with Gasteiger partial charge in [-0.2, -0.15) is 0 Å². The van der Waals surface area contributed by atoms with Crippen LogP contribution in [0.2, 0.25) is 5.02 Å². The van der Waals surface area contributed by atoms with Crippen LogP contribution in [0, 0.1) is 5.92 Å². The first-order chi connectivity index (χ1) is 11.0. The van der Waals surface area contributed by atoms with Crippen LogP contribution in [0.4, 0.5) is 0 Å². The van der Waals surface area contributed by atoms with Crippen LogP contribution in [0.3, 0.4) is 0 Å². The molecule has 2 fully saturated rings. The standard InChI is InChI=1S/C17H21ClN2O3/c18-14-9-11(23-10-3-1-4-10)7-8-12(14)17(22)20-15-6-2-5-13(15)16(19)21/h7-10,13,15H,1-6H2,(H2,19,21)(H,20,22). The summed E-state index contributed by atoms with van der Waals surface area (Å²) in [6, 6.07) is 4.90. The number of ether oxygens (including phenoxy) is 1. The van der Waals surface area contributed by atoms with E-state index < -0.39 is 0 Å². The molecule has 1 aromatic rings. The van der Waals surface area contributed by atoms with E-state index in [1.165, 1.54) is 6.42 Å². The first kappa shape index (κ1) is 16.1. The fraction of sp³-hybridized carbons (Fsp3) is 0.529. The number of hydrogen-bond acceptors (Lipinski definition) is 3. The van der Waals surface area contributed by atoms with Crippen molar-refractivity contribution in [2.45, 2.75) is 50.7 Å². The van der Waals surface area contributed by atoms with Gasteiger partial charge in [-0.05, 0) is 50.3 Å². The van der Waals surface area contributed by atoms with Crippen molar-refractivity contribution in [3.8, 4) is 5.75 Å². The Balaban J connectivity index is 1.65. The number of benzene rings is 1. The van der Waals surface area contributed by atoms with Gasteiger partial charge in [0.1, 0.15) is 5.75 Å². The summed E-state index contributed by atoms with van der Waals surface area (Å²) >= 11 is 6.22. The molecule has 2 unspecified atom stereocenters. The van der Waals surface area contributed by atoms with Gasteiger partial charge in [0.05, 0.1) is 22.6 Å². The first-order valence-electron chi connectivity index (χ1n) is 8.11. The van der Waals surface area contributed by atoms with E-state index in [0.717, 1.165) is 32.1 Å². The number of primary amides is 1. The van der Waals surface area contributed by atoms with Crippen LogP contribution >= 0.6 is 11.6 Å². The average Bonchev–Trinajstić information content (AvgIpc) is 2.91. The quantitative estimate of drug-likeness (QED) is 0.867. The molecule has 0 spiro atoms. The Kier molecular flexibility index (Phi) is 4.76. The molecule has 0 aromatic heterocycles. The van der Waals surface area contributed by atoms with Crippen LogP contribution in [-0.2, 0) is 4.79 Å². The molecule has 0 radical (unpaired) electrons. The highest BCUT2D eigenvalue weighted by Crippen LogP contribution is 2.29. The summed E-state index contributed by atoms with van der Waals surface area (Å²) in [6.07, 6.45) is 5.97. The molecule has 5 nitrogen and oxygen atoms in total. The van der Waals surface area contributed by atoms with Crippen molar-refractivity contribution < 1.29 is 14.3 Å². The minimum absolute atomic E-state index is 0.207. The van der Waals surface area contributed by atoms with Crippen LogP contribution in [0.15, 0.2) is 18.2 Å². The number of nitrogens with two attached hydrogens (primary N) is 1. The zero-order chi connectivity index (χ0) is 16.4. The molecular weight excluding hydrogens is 316 g/mol. The molecule has 3 N–H and O–H groups in total. The number of nitrogens with one attached hydrogen (secondary N) is 1. The molecule has 2 aliphatic rings. The van der Waals surface area contributed by atoms with Gasteiger partial charge in [-0.1, -0.05) is 18.0 Å². The molecule has 23 heavy (non-hydrogen) atoms. The van der Waals surface area contributed by atoms with Gasteiger partial charge in [0.15, 0.2) is 0 Å². The lowest BCUT2D eigenvalue weighted by atomic mass is 9.96. The number of amides is 2. The predicted molar refractivity (Wildman–Crippen MR) is 87.5 cm³/mol. The van der Waals surface area contributed by atoms with E-state index in [1.54, 1.807) is 18.2 Å². The zero-order valence-corrected chi connectivity index (χ0v) is 13.6. The van der Waals surface area contributed by atoms with Gasteiger partial charge in [0, 0.05) is 6.04 Å². The second kappa shape index (κ2) is 6.79. The molecule has 3 rings (SSSR count). The van der Waals surface area contributed by atoms with Crippen molar-refractivity contribution in [1.82, 2.24) is 5.32 Å². The van der Waals surface area contributed by atoms with E-state index in [1.807, 2.05) is 0 Å². The van der Waals surface area contributed by atoms with Gasteiger partial charge in [-0.15, -0.1) is 0 Å². The van der Waals surface area contributed by atoms with Crippen molar-refractivity contribution >= 4 is 23.4 Å². The Morgan fingerprint density at radius 1 is 1.17 bits per heavy atom. The largest absolute Gasteiger partial charge is 0.490 e. The van der Waals surface area contributed by atoms with Gasteiger partial charge >= 0.3 is 0 Å². The smallest absolute Gasteiger partial charge is 0.253 e. The van der Waals surface area contributed by atoms with E-state index in [0.29, 0.717) is 16.3 Å². The SMILES string of the molecule is NC(=O)C1CCCC1NC(=O)c1ccc(OC2CCC2)cc1Cl. The van der Waals surface area contributed by atoms with E-state index in [4.69, 9.17) is 22.1 Å². The third-order valence-electron chi connectivity index (χ3n) is 4.74. The molecule has 124 valence electrons. The van der Waals surface area contributed by atoms with E-state index in [2.05, 4.69) is 5.32 Å². The van der Waals surface area contributed by atoms with Crippen molar-refractivity contribution in [2.24, 2.45) is 11.7 Å². The average molecular weight is 337 g/mol. The van der Waals surface area contributed by atoms with Crippen molar-refractivity contribution in [2.75, 3.05) is 0 Å². The summed E-state index contributed by atoms with van der Waals surface area (Å²) in [7, 11) is 0. The molecule has 2 amide bonds. The van der Waals surface area contributed by atoms with Crippen LogP contribution < -0.4 is 15.8 Å². The summed E-state index contributed by atoms with van der Waals surface area (Å²) in [5.74, 6) is -0.238. The first-order valence-corrected chi connectivity index (χ1v) is 8.49. The molecule has 2 saturated carbocycles. The van der Waals surface area contributed by atoms with Gasteiger partial charge in [0.2, 0.25) is 5.91 Å². The minimum Gasteiger partial charge on any atom is -0.490 e. The predicted octanol–water partition coefficient (Wildman–Crippen LogP) is 2.66. The van der Waals surface area contributed by atoms with E-state index in [-0.39, 0.29) is 29.9 Å². The molecule has 2 aliphatic carbocycles. The molecule has 1 aromatic carbocycles. The maximum Gasteiger partial charge on any atom is 0.253 e. The maximum absolute atomic E-state index is 12.4. The van der Waals surface area contributed by atoms with Crippen LogP contribution in [0.1, 0.15) is 48.9 Å². The number of carbonyl (C=O) groups excluding carboxylic acids is 2. The van der Waals surface area contributed by atoms with Crippen LogP contribution in [0.25, 0.3) is 0 Å². The van der Waals surface area contributed by atoms with Gasteiger partial charge in [-0.25, -0.2) is 0 Å². The summed E-state index contributed by atoms with van der Waals surface area (Å²) in [5, 5.41) is 3.24. The molecule has 0 aliphatic heterocycles. The van der Waals surface area contributed by atoms with Crippen molar-refractivity contribution in [3.63, 3.8) is 0 Å². The van der Waals surface area contributed by atoms with Crippen LogP contribution in [0.5, 0.6) is 5.75 Å². The van der Waals surface area contributed by atoms with Gasteiger partial charge < -0.3 is 15.8 Å². The van der Waals surface area contributed by atoms with Crippen molar-refractivity contribution in [3.05, 3.63) is 28.8 Å². The number of carbonyl (C=O) groups is 2. The normalized spacial score (nSPS) is 24.0. The van der Waals surface area contributed by atoms with E-state index in [9.17, 15) is 9.59 Å². The fourth-order valence-electron chi connectivity index (χ4n) is 3.15. The number of halogens is 1. The lowest BCUT2D eigenvalue weighted by molar-refractivity contribution is -0.122. The van der Waals surface area contributed by atoms with Crippen molar-refractivity contribution in [1.29, 1.82) is 0 Å². The monoisotopic (exact) mass is 336 g/mol. The third-order valence-corrected chi connectivity index (χ3v) is 5.05. The Labute approximate surface area is 140 Å². The highest BCUT2D eigenvalue weighted by atomic mass is 35.5. The highest BCUT2D eigenvalue weighted by molar-refractivity contribution is 6.34. The second-order valence-corrected chi connectivity index (χ2v) is 6.74. The summed E-state index contributed by atoms with van der Waals surface area (Å²) < 4.78 is 5.77. The molecule has 2 atom stereocenters. The summed E-state index contributed by atoms with van der Waals surface area (Å²) in [6.45, 7) is 0. The zero-order valence-electron chi connectivity index (χ0n) is 12.9. The topological polar surface area (TPSA) is 81.4 Å². The number of hydrogen-bond donors (Lipinski definition) is 2. The summed E-state index contributed by atoms with van der Waals surface area (Å²) in [4.78, 5) is 23.8. The molecular formula is C17H21ClN2O3. The lowest BCUT2D eigenvalue weighted by Gasteiger charge is -2.26. The maximum atomic E-state index is 12.4. The Hall–Kier alpha value is -1.75. The fourth-order valence-corrected chi connectivity index (χ4v) is 3.41. The molecule has 0 bridgehead atoms. The Morgan fingerprint density at radius 2 is 1.91 bits per heavy atom. The van der Waals surface area contributed by atoms with Gasteiger partial charge in [-0.3, -0.25) is 9.59 Å². The lowest BCUT2D eigenvalue weighted by Crippen LogP contribution is -2.42. The second-order valence-electron chi connectivity index (χ2n) is 6.33. The van der Waals surface area contributed by atoms with Crippen LogP contribution in [-0.4, -0.2) is 24.0 Å². The minimum atomic E-state index is -0.358. The third kappa shape index (κ3) is 3.61. The molecule has 6 heteroatoms. The Morgan fingerprint density at radius 3 is 2.52 bits per heavy atom. The van der Waals surface area contributed by atoms with E-state index >= 15 is 0 Å². The summed E-state index contributed by atoms with van der Waals surface area (Å²) in [5.41, 5.74) is 5.78. The Bertz CT molecular complexity index is 616. The van der Waals surface area contributed by atoms with Gasteiger partial charge in [0.25, 0.3) is 5.91 Å². The molecule has 0 saturated heterocycles. The number of rotatable bonds is 5. The highest BCUT2D eigenvalue weighted by Gasteiger charge is 2.33. The molecule has 0 heterocycles.